The lowest BCUT2D eigenvalue weighted by Gasteiger charge is -2.16. The molecule has 2 aromatic carbocycles. The van der Waals surface area contributed by atoms with Gasteiger partial charge in [0.05, 0.1) is 11.1 Å². The molecule has 1 atom stereocenters. The average molecular weight is 397 g/mol. The Morgan fingerprint density at radius 1 is 1.18 bits per heavy atom. The summed E-state index contributed by atoms with van der Waals surface area (Å²) in [7, 11) is 0. The molecule has 8 heteroatoms. The third-order valence-corrected chi connectivity index (χ3v) is 3.61. The van der Waals surface area contributed by atoms with E-state index in [1.165, 1.54) is 18.2 Å². The molecule has 0 aromatic heterocycles. The van der Waals surface area contributed by atoms with Crippen molar-refractivity contribution < 1.29 is 23.0 Å². The van der Waals surface area contributed by atoms with Crippen molar-refractivity contribution in [1.29, 1.82) is 0 Å². The standard InChI is InChI=1S/C14H10BrClF3NO2/c15-8-5-10(13(21)11(16)6-8)12(20)7-1-3-9(4-2-7)22-14(17,18)19/h1-6,12,21H,20H2/t12-/m0/s1. The summed E-state index contributed by atoms with van der Waals surface area (Å²) in [6.07, 6.45) is -4.75. The number of halogens is 5. The van der Waals surface area contributed by atoms with Crippen molar-refractivity contribution in [1.82, 2.24) is 0 Å². The largest absolute Gasteiger partial charge is 0.573 e. The van der Waals surface area contributed by atoms with Crippen molar-refractivity contribution in [3.8, 4) is 11.5 Å². The minimum Gasteiger partial charge on any atom is -0.506 e. The Morgan fingerprint density at radius 3 is 2.32 bits per heavy atom. The van der Waals surface area contributed by atoms with Crippen LogP contribution in [-0.2, 0) is 0 Å². The van der Waals surface area contributed by atoms with Gasteiger partial charge in [0.15, 0.2) is 0 Å². The molecule has 3 nitrogen and oxygen atoms in total. The van der Waals surface area contributed by atoms with Crippen molar-refractivity contribution in [2.24, 2.45) is 5.73 Å². The maximum atomic E-state index is 12.1. The van der Waals surface area contributed by atoms with Crippen LogP contribution in [0.25, 0.3) is 0 Å². The van der Waals surface area contributed by atoms with Crippen LogP contribution < -0.4 is 10.5 Å². The number of hydrogen-bond acceptors (Lipinski definition) is 3. The second kappa shape index (κ2) is 6.36. The van der Waals surface area contributed by atoms with E-state index in [9.17, 15) is 18.3 Å². The summed E-state index contributed by atoms with van der Waals surface area (Å²) in [5.41, 5.74) is 6.88. The second-order valence-corrected chi connectivity index (χ2v) is 5.74. The van der Waals surface area contributed by atoms with Crippen LogP contribution in [-0.4, -0.2) is 11.5 Å². The van der Waals surface area contributed by atoms with Crippen LogP contribution in [0.5, 0.6) is 11.5 Å². The van der Waals surface area contributed by atoms with Crippen LogP contribution in [0.3, 0.4) is 0 Å². The molecule has 0 spiro atoms. The highest BCUT2D eigenvalue weighted by molar-refractivity contribution is 9.10. The van der Waals surface area contributed by atoms with E-state index in [0.29, 0.717) is 15.6 Å². The summed E-state index contributed by atoms with van der Waals surface area (Å²) in [6.45, 7) is 0. The first kappa shape index (κ1) is 16.9. The fraction of sp³-hybridized carbons (Fsp3) is 0.143. The summed E-state index contributed by atoms with van der Waals surface area (Å²) < 4.78 is 40.7. The highest BCUT2D eigenvalue weighted by atomic mass is 79.9. The van der Waals surface area contributed by atoms with Gasteiger partial charge in [0, 0.05) is 10.0 Å². The van der Waals surface area contributed by atoms with Crippen molar-refractivity contribution in [3.05, 3.63) is 57.0 Å². The Balaban J connectivity index is 2.29. The molecule has 22 heavy (non-hydrogen) atoms. The molecule has 0 saturated heterocycles. The molecule has 2 aromatic rings. The van der Waals surface area contributed by atoms with Crippen molar-refractivity contribution >= 4 is 27.5 Å². The number of benzene rings is 2. The molecule has 118 valence electrons. The van der Waals surface area contributed by atoms with E-state index in [0.717, 1.165) is 12.1 Å². The molecule has 3 N–H and O–H groups in total. The van der Waals surface area contributed by atoms with Crippen LogP contribution in [0.1, 0.15) is 17.2 Å². The predicted octanol–water partition coefficient (Wildman–Crippen LogP) is 4.75. The Labute approximate surface area is 137 Å². The molecular formula is C14H10BrClF3NO2. The number of rotatable bonds is 3. The Bertz CT molecular complexity index is 677. The quantitative estimate of drug-likeness (QED) is 0.787. The minimum absolute atomic E-state index is 0.122. The van der Waals surface area contributed by atoms with Gasteiger partial charge in [-0.05, 0) is 29.8 Å². The summed E-state index contributed by atoms with van der Waals surface area (Å²) >= 11 is 9.10. The van der Waals surface area contributed by atoms with Gasteiger partial charge in [-0.3, -0.25) is 0 Å². The lowest BCUT2D eigenvalue weighted by atomic mass is 9.99. The number of nitrogens with two attached hydrogens (primary N) is 1. The maximum Gasteiger partial charge on any atom is 0.573 e. The van der Waals surface area contributed by atoms with E-state index in [4.69, 9.17) is 17.3 Å². The Hall–Kier alpha value is -1.44. The van der Waals surface area contributed by atoms with Gasteiger partial charge in [-0.15, -0.1) is 13.2 Å². The van der Waals surface area contributed by atoms with Gasteiger partial charge in [-0.1, -0.05) is 39.7 Å². The number of alkyl halides is 3. The monoisotopic (exact) mass is 395 g/mol. The van der Waals surface area contributed by atoms with Crippen LogP contribution in [0.15, 0.2) is 40.9 Å². The van der Waals surface area contributed by atoms with E-state index < -0.39 is 12.4 Å². The normalized spacial score (nSPS) is 13.0. The van der Waals surface area contributed by atoms with Crippen LogP contribution in [0, 0.1) is 0 Å². The van der Waals surface area contributed by atoms with Gasteiger partial charge >= 0.3 is 6.36 Å². The molecule has 0 fully saturated rings. The molecule has 0 amide bonds. The molecule has 0 unspecified atom stereocenters. The zero-order valence-corrected chi connectivity index (χ0v) is 13.2. The van der Waals surface area contributed by atoms with Gasteiger partial charge in [-0.25, -0.2) is 0 Å². The van der Waals surface area contributed by atoms with E-state index in [1.807, 2.05) is 0 Å². The van der Waals surface area contributed by atoms with Crippen LogP contribution >= 0.6 is 27.5 Å². The van der Waals surface area contributed by atoms with Crippen LogP contribution in [0.4, 0.5) is 13.2 Å². The fourth-order valence-corrected chi connectivity index (χ4v) is 2.71. The third-order valence-electron chi connectivity index (χ3n) is 2.87. The lowest BCUT2D eigenvalue weighted by Crippen LogP contribution is -2.17. The minimum atomic E-state index is -4.75. The molecule has 0 bridgehead atoms. The van der Waals surface area contributed by atoms with Gasteiger partial charge < -0.3 is 15.6 Å². The number of phenols is 1. The Morgan fingerprint density at radius 2 is 1.77 bits per heavy atom. The van der Waals surface area contributed by atoms with E-state index in [1.54, 1.807) is 6.07 Å². The molecular weight excluding hydrogens is 387 g/mol. The third kappa shape index (κ3) is 4.06. The summed E-state index contributed by atoms with van der Waals surface area (Å²) in [5.74, 6) is -0.520. The lowest BCUT2D eigenvalue weighted by molar-refractivity contribution is -0.274. The molecule has 0 aliphatic carbocycles. The number of ether oxygens (including phenoxy) is 1. The highest BCUT2D eigenvalue weighted by Gasteiger charge is 2.31. The van der Waals surface area contributed by atoms with Gasteiger partial charge in [0.1, 0.15) is 11.5 Å². The van der Waals surface area contributed by atoms with E-state index in [2.05, 4.69) is 20.7 Å². The zero-order valence-electron chi connectivity index (χ0n) is 10.9. The Kier molecular flexibility index (Phi) is 4.89. The van der Waals surface area contributed by atoms with Gasteiger partial charge in [-0.2, -0.15) is 0 Å². The molecule has 0 heterocycles. The van der Waals surface area contributed by atoms with Gasteiger partial charge in [0.2, 0.25) is 0 Å². The molecule has 2 rings (SSSR count). The number of phenolic OH excluding ortho intramolecular Hbond substituents is 1. The van der Waals surface area contributed by atoms with Gasteiger partial charge in [0.25, 0.3) is 0 Å². The van der Waals surface area contributed by atoms with E-state index in [-0.39, 0.29) is 16.5 Å². The van der Waals surface area contributed by atoms with Crippen molar-refractivity contribution in [2.75, 3.05) is 0 Å². The molecule has 0 radical (unpaired) electrons. The van der Waals surface area contributed by atoms with Crippen molar-refractivity contribution in [2.45, 2.75) is 12.4 Å². The first-order valence-electron chi connectivity index (χ1n) is 5.96. The molecule has 0 saturated carbocycles. The average Bonchev–Trinajstić information content (AvgIpc) is 2.41. The second-order valence-electron chi connectivity index (χ2n) is 4.42. The SMILES string of the molecule is N[C@@H](c1ccc(OC(F)(F)F)cc1)c1cc(Br)cc(Cl)c1O. The first-order chi connectivity index (χ1) is 10.2. The topological polar surface area (TPSA) is 55.5 Å². The summed E-state index contributed by atoms with van der Waals surface area (Å²) in [4.78, 5) is 0. The summed E-state index contributed by atoms with van der Waals surface area (Å²) in [5, 5.41) is 10.1. The maximum absolute atomic E-state index is 12.1. The zero-order chi connectivity index (χ0) is 16.5. The number of aromatic hydroxyl groups is 1. The van der Waals surface area contributed by atoms with Crippen LogP contribution in [0.2, 0.25) is 5.02 Å². The number of hydrogen-bond donors (Lipinski definition) is 2. The molecule has 0 aliphatic rings. The van der Waals surface area contributed by atoms with E-state index >= 15 is 0 Å². The predicted molar refractivity (Wildman–Crippen MR) is 80.0 cm³/mol. The fourth-order valence-electron chi connectivity index (χ4n) is 1.88. The smallest absolute Gasteiger partial charge is 0.506 e. The first-order valence-corrected chi connectivity index (χ1v) is 7.13. The van der Waals surface area contributed by atoms with Crippen molar-refractivity contribution in [3.63, 3.8) is 0 Å². The highest BCUT2D eigenvalue weighted by Crippen LogP contribution is 2.36. The summed E-state index contributed by atoms with van der Waals surface area (Å²) in [6, 6.07) is 7.42. The molecule has 0 aliphatic heterocycles.